The van der Waals surface area contributed by atoms with Gasteiger partial charge in [-0.15, -0.1) is 0 Å². The fraction of sp³-hybridized carbons (Fsp3) is 0.750. The number of ether oxygens (including phenoxy) is 1. The molecule has 0 unspecified atom stereocenters. The van der Waals surface area contributed by atoms with Gasteiger partial charge in [-0.05, 0) is 20.3 Å². The van der Waals surface area contributed by atoms with Crippen molar-refractivity contribution in [3.05, 3.63) is 12.2 Å². The summed E-state index contributed by atoms with van der Waals surface area (Å²) in [6.45, 7) is 4.91. The first-order valence-corrected chi connectivity index (χ1v) is 4.28. The highest BCUT2D eigenvalue weighted by Gasteiger charge is 1.88. The molecule has 0 radical (unpaired) electrons. The molecule has 0 aliphatic rings. The third-order valence-corrected chi connectivity index (χ3v) is 1.22. The Kier molecular flexibility index (Phi) is 7.20. The van der Waals surface area contributed by atoms with E-state index in [0.717, 1.165) is 18.8 Å². The summed E-state index contributed by atoms with van der Waals surface area (Å²) in [5.74, 6) is 0.821. The van der Waals surface area contributed by atoms with Crippen molar-refractivity contribution < 1.29 is 4.74 Å². The molecule has 10 heavy (non-hydrogen) atoms. The molecule has 0 bridgehead atoms. The van der Waals surface area contributed by atoms with Gasteiger partial charge in [-0.3, -0.25) is 0 Å². The summed E-state index contributed by atoms with van der Waals surface area (Å²) in [4.78, 5) is 0. The molecule has 0 N–H and O–H groups in total. The standard InChI is InChI=1S/C8H16OS/c1-8(2)9-6-4-3-5-7-10/h3,5,8,10H,4,6-7H2,1-2H3. The summed E-state index contributed by atoms with van der Waals surface area (Å²) in [5, 5.41) is 0. The first-order chi connectivity index (χ1) is 4.77. The molecule has 0 aromatic carbocycles. The molecule has 0 heterocycles. The molecular formula is C8H16OS. The summed E-state index contributed by atoms with van der Waals surface area (Å²) in [6, 6.07) is 0. The average molecular weight is 160 g/mol. The van der Waals surface area contributed by atoms with E-state index in [4.69, 9.17) is 4.74 Å². The van der Waals surface area contributed by atoms with Gasteiger partial charge in [-0.1, -0.05) is 12.2 Å². The predicted octanol–water partition coefficient (Wildman–Crippen LogP) is 2.29. The first kappa shape index (κ1) is 10.0. The Morgan fingerprint density at radius 1 is 1.40 bits per heavy atom. The molecule has 0 atom stereocenters. The molecule has 0 aliphatic heterocycles. The quantitative estimate of drug-likeness (QED) is 0.369. The van der Waals surface area contributed by atoms with Crippen molar-refractivity contribution in [3.63, 3.8) is 0 Å². The molecule has 0 fully saturated rings. The van der Waals surface area contributed by atoms with Crippen LogP contribution in [0.5, 0.6) is 0 Å². The Bertz CT molecular complexity index is 89.3. The van der Waals surface area contributed by atoms with Crippen molar-refractivity contribution in [2.24, 2.45) is 0 Å². The molecule has 1 nitrogen and oxygen atoms in total. The lowest BCUT2D eigenvalue weighted by molar-refractivity contribution is 0.0826. The van der Waals surface area contributed by atoms with Crippen LogP contribution in [-0.2, 0) is 4.74 Å². The van der Waals surface area contributed by atoms with Gasteiger partial charge < -0.3 is 4.74 Å². The summed E-state index contributed by atoms with van der Waals surface area (Å²) in [5.41, 5.74) is 0. The Morgan fingerprint density at radius 2 is 2.10 bits per heavy atom. The van der Waals surface area contributed by atoms with Crippen LogP contribution in [0.25, 0.3) is 0 Å². The third-order valence-electron chi connectivity index (χ3n) is 1.01. The SMILES string of the molecule is CC(C)OCCC=CCS. The van der Waals surface area contributed by atoms with Gasteiger partial charge >= 0.3 is 0 Å². The van der Waals surface area contributed by atoms with Crippen molar-refractivity contribution in [1.82, 2.24) is 0 Å². The smallest absolute Gasteiger partial charge is 0.0519 e. The molecule has 0 aromatic rings. The van der Waals surface area contributed by atoms with Crippen LogP contribution in [0.4, 0.5) is 0 Å². The molecule has 0 rings (SSSR count). The molecule has 0 amide bonds. The van der Waals surface area contributed by atoms with Crippen molar-refractivity contribution in [2.45, 2.75) is 26.4 Å². The summed E-state index contributed by atoms with van der Waals surface area (Å²) in [6.07, 6.45) is 5.48. The van der Waals surface area contributed by atoms with Gasteiger partial charge in [-0.25, -0.2) is 0 Å². The fourth-order valence-electron chi connectivity index (χ4n) is 0.564. The van der Waals surface area contributed by atoms with Crippen LogP contribution in [-0.4, -0.2) is 18.5 Å². The minimum absolute atomic E-state index is 0.351. The summed E-state index contributed by atoms with van der Waals surface area (Å²) < 4.78 is 5.31. The zero-order valence-corrected chi connectivity index (χ0v) is 7.60. The Morgan fingerprint density at radius 3 is 2.60 bits per heavy atom. The van der Waals surface area contributed by atoms with Gasteiger partial charge in [0.05, 0.1) is 12.7 Å². The second kappa shape index (κ2) is 7.16. The number of rotatable bonds is 5. The monoisotopic (exact) mass is 160 g/mol. The van der Waals surface area contributed by atoms with Crippen LogP contribution in [0.1, 0.15) is 20.3 Å². The lowest BCUT2D eigenvalue weighted by Gasteiger charge is -2.03. The zero-order valence-electron chi connectivity index (χ0n) is 6.71. The maximum absolute atomic E-state index is 5.31. The molecule has 0 aromatic heterocycles. The van der Waals surface area contributed by atoms with Crippen molar-refractivity contribution >= 4 is 12.6 Å². The maximum Gasteiger partial charge on any atom is 0.0519 e. The van der Waals surface area contributed by atoms with Crippen LogP contribution >= 0.6 is 12.6 Å². The van der Waals surface area contributed by atoms with Crippen molar-refractivity contribution in [1.29, 1.82) is 0 Å². The number of hydrogen-bond acceptors (Lipinski definition) is 2. The van der Waals surface area contributed by atoms with Crippen molar-refractivity contribution in [3.8, 4) is 0 Å². The van der Waals surface area contributed by atoms with E-state index in [1.807, 2.05) is 19.9 Å². The van der Waals surface area contributed by atoms with Crippen molar-refractivity contribution in [2.75, 3.05) is 12.4 Å². The number of hydrogen-bond donors (Lipinski definition) is 1. The molecule has 0 aliphatic carbocycles. The van der Waals surface area contributed by atoms with Crippen LogP contribution in [0.3, 0.4) is 0 Å². The van der Waals surface area contributed by atoms with Gasteiger partial charge in [0.1, 0.15) is 0 Å². The largest absolute Gasteiger partial charge is 0.378 e. The second-order valence-corrected chi connectivity index (χ2v) is 2.73. The molecule has 60 valence electrons. The van der Waals surface area contributed by atoms with Crippen LogP contribution in [0.2, 0.25) is 0 Å². The highest BCUT2D eigenvalue weighted by Crippen LogP contribution is 1.91. The second-order valence-electron chi connectivity index (χ2n) is 2.36. The third kappa shape index (κ3) is 8.05. The minimum Gasteiger partial charge on any atom is -0.378 e. The predicted molar refractivity (Wildman–Crippen MR) is 48.7 cm³/mol. The van der Waals surface area contributed by atoms with Gasteiger partial charge in [0.15, 0.2) is 0 Å². The summed E-state index contributed by atoms with van der Waals surface area (Å²) in [7, 11) is 0. The first-order valence-electron chi connectivity index (χ1n) is 3.65. The van der Waals surface area contributed by atoms with E-state index >= 15 is 0 Å². The van der Waals surface area contributed by atoms with Crippen LogP contribution in [0.15, 0.2) is 12.2 Å². The molecule has 0 saturated heterocycles. The van der Waals surface area contributed by atoms with Gasteiger partial charge in [0, 0.05) is 5.75 Å². The Labute approximate surface area is 68.9 Å². The van der Waals surface area contributed by atoms with Gasteiger partial charge in [-0.2, -0.15) is 12.6 Å². The number of thiol groups is 1. The average Bonchev–Trinajstić information content (AvgIpc) is 1.87. The lowest BCUT2D eigenvalue weighted by Crippen LogP contribution is -2.02. The van der Waals surface area contributed by atoms with E-state index in [1.54, 1.807) is 0 Å². The zero-order chi connectivity index (χ0) is 7.82. The van der Waals surface area contributed by atoms with E-state index in [9.17, 15) is 0 Å². The minimum atomic E-state index is 0.351. The topological polar surface area (TPSA) is 9.23 Å². The Hall–Kier alpha value is 0.0500. The van der Waals surface area contributed by atoms with E-state index in [1.165, 1.54) is 0 Å². The highest BCUT2D eigenvalue weighted by molar-refractivity contribution is 7.80. The van der Waals surface area contributed by atoms with Gasteiger partial charge in [0.25, 0.3) is 0 Å². The lowest BCUT2D eigenvalue weighted by atomic mass is 10.4. The fourth-order valence-corrected chi connectivity index (χ4v) is 0.713. The van der Waals surface area contributed by atoms with Crippen LogP contribution in [0, 0.1) is 0 Å². The van der Waals surface area contributed by atoms with E-state index < -0.39 is 0 Å². The van der Waals surface area contributed by atoms with E-state index in [2.05, 4.69) is 18.7 Å². The maximum atomic E-state index is 5.31. The van der Waals surface area contributed by atoms with E-state index in [0.29, 0.717) is 6.10 Å². The molecule has 0 saturated carbocycles. The molecular weight excluding hydrogens is 144 g/mol. The normalized spacial score (nSPS) is 11.6. The highest BCUT2D eigenvalue weighted by atomic mass is 32.1. The van der Waals surface area contributed by atoms with Crippen LogP contribution < -0.4 is 0 Å². The van der Waals surface area contributed by atoms with E-state index in [-0.39, 0.29) is 0 Å². The summed E-state index contributed by atoms with van der Waals surface area (Å²) >= 11 is 4.04. The van der Waals surface area contributed by atoms with Gasteiger partial charge in [0.2, 0.25) is 0 Å². The molecule has 0 spiro atoms. The Balaban J connectivity index is 2.97. The molecule has 2 heteroatoms.